The van der Waals surface area contributed by atoms with Crippen molar-refractivity contribution >= 4 is 39.8 Å². The van der Waals surface area contributed by atoms with Gasteiger partial charge in [0.15, 0.2) is 0 Å². The fourth-order valence-corrected chi connectivity index (χ4v) is 2.47. The van der Waals surface area contributed by atoms with Crippen LogP contribution in [0.15, 0.2) is 23.2 Å². The van der Waals surface area contributed by atoms with E-state index in [0.29, 0.717) is 9.23 Å². The number of hydrogen-bond acceptors (Lipinski definition) is 4. The lowest BCUT2D eigenvalue weighted by atomic mass is 10.1. The molecule has 0 radical (unpaired) electrons. The predicted octanol–water partition coefficient (Wildman–Crippen LogP) is 2.27. The van der Waals surface area contributed by atoms with Crippen LogP contribution in [-0.4, -0.2) is 15.2 Å². The summed E-state index contributed by atoms with van der Waals surface area (Å²) in [5, 5.41) is 2.61. The van der Waals surface area contributed by atoms with Crippen molar-refractivity contribution in [3.05, 3.63) is 34.5 Å². The maximum atomic E-state index is 11.6. The molecule has 0 bridgehead atoms. The lowest BCUT2D eigenvalue weighted by molar-refractivity contribution is -0.115. The first kappa shape index (κ1) is 11.3. The number of thiocarbonyl (C=S) groups is 1. The van der Waals surface area contributed by atoms with Crippen LogP contribution in [0.5, 0.6) is 0 Å². The second-order valence-corrected chi connectivity index (χ2v) is 5.17. The molecule has 1 fully saturated rings. The summed E-state index contributed by atoms with van der Waals surface area (Å²) in [5.74, 6) is -0.118. The number of aryl methyl sites for hydroxylation is 1. The molecule has 1 saturated heterocycles. The number of aromatic nitrogens is 1. The minimum Gasteiger partial charge on any atom is -0.307 e. The molecule has 3 nitrogen and oxygen atoms in total. The van der Waals surface area contributed by atoms with Gasteiger partial charge in [-0.05, 0) is 31.1 Å². The average Bonchev–Trinajstić information content (AvgIpc) is 2.58. The Morgan fingerprint density at radius 2 is 2.25 bits per heavy atom. The predicted molar refractivity (Wildman–Crippen MR) is 69.9 cm³/mol. The normalized spacial score (nSPS) is 18.6. The molecule has 0 unspecified atom stereocenters. The summed E-state index contributed by atoms with van der Waals surface area (Å²) >= 11 is 6.25. The smallest absolute Gasteiger partial charge is 0.263 e. The van der Waals surface area contributed by atoms with Crippen molar-refractivity contribution in [1.29, 1.82) is 0 Å². The second kappa shape index (κ2) is 4.35. The van der Waals surface area contributed by atoms with E-state index in [1.165, 1.54) is 11.8 Å². The maximum Gasteiger partial charge on any atom is 0.263 e. The third-order valence-corrected chi connectivity index (χ3v) is 3.64. The van der Waals surface area contributed by atoms with E-state index < -0.39 is 0 Å². The largest absolute Gasteiger partial charge is 0.307 e. The van der Waals surface area contributed by atoms with E-state index in [2.05, 4.69) is 10.3 Å². The number of rotatable bonds is 1. The zero-order chi connectivity index (χ0) is 11.7. The average molecular weight is 250 g/mol. The zero-order valence-corrected chi connectivity index (χ0v) is 10.5. The molecule has 2 rings (SSSR count). The molecular weight excluding hydrogens is 240 g/mol. The molecule has 0 saturated carbocycles. The first-order valence-corrected chi connectivity index (χ1v) is 5.97. The quantitative estimate of drug-likeness (QED) is 0.613. The van der Waals surface area contributed by atoms with Crippen LogP contribution in [0.3, 0.4) is 0 Å². The monoisotopic (exact) mass is 250 g/mol. The molecule has 0 atom stereocenters. The molecule has 1 amide bonds. The van der Waals surface area contributed by atoms with Crippen LogP contribution >= 0.6 is 24.0 Å². The minimum atomic E-state index is -0.118. The van der Waals surface area contributed by atoms with Crippen LogP contribution in [-0.2, 0) is 4.79 Å². The van der Waals surface area contributed by atoms with Crippen molar-refractivity contribution in [1.82, 2.24) is 10.3 Å². The van der Waals surface area contributed by atoms with Gasteiger partial charge in [0, 0.05) is 11.9 Å². The third-order valence-electron chi connectivity index (χ3n) is 2.30. The summed E-state index contributed by atoms with van der Waals surface area (Å²) < 4.78 is 0.513. The highest BCUT2D eigenvalue weighted by molar-refractivity contribution is 8.26. The van der Waals surface area contributed by atoms with Gasteiger partial charge in [-0.25, -0.2) is 0 Å². The first-order valence-electron chi connectivity index (χ1n) is 4.75. The third kappa shape index (κ3) is 2.15. The molecule has 1 aliphatic rings. The number of carbonyl (C=O) groups is 1. The Labute approximate surface area is 103 Å². The Balaban J connectivity index is 2.41. The molecule has 1 aromatic rings. The molecule has 0 aliphatic carbocycles. The molecule has 1 aliphatic heterocycles. The van der Waals surface area contributed by atoms with Gasteiger partial charge in [-0.15, -0.1) is 0 Å². The van der Waals surface area contributed by atoms with Crippen molar-refractivity contribution < 1.29 is 4.79 Å². The number of nitrogens with one attached hydrogen (secondary N) is 1. The van der Waals surface area contributed by atoms with Gasteiger partial charge in [-0.1, -0.05) is 30.0 Å². The molecule has 82 valence electrons. The Morgan fingerprint density at radius 1 is 1.50 bits per heavy atom. The number of hydrogen-bond donors (Lipinski definition) is 1. The van der Waals surface area contributed by atoms with Crippen LogP contribution in [0.1, 0.15) is 18.2 Å². The minimum absolute atomic E-state index is 0.118. The second-order valence-electron chi connectivity index (χ2n) is 3.49. The van der Waals surface area contributed by atoms with Gasteiger partial charge < -0.3 is 5.32 Å². The maximum absolute atomic E-state index is 11.6. The fourth-order valence-electron chi connectivity index (χ4n) is 1.38. The van der Waals surface area contributed by atoms with Gasteiger partial charge in [-0.2, -0.15) is 0 Å². The summed E-state index contributed by atoms with van der Waals surface area (Å²) in [6, 6.07) is 3.88. The highest BCUT2D eigenvalue weighted by Crippen LogP contribution is 2.31. The molecule has 2 heterocycles. The summed E-state index contributed by atoms with van der Waals surface area (Å²) in [6.07, 6.45) is 1.77. The lowest BCUT2D eigenvalue weighted by Crippen LogP contribution is -2.18. The van der Waals surface area contributed by atoms with E-state index in [1.807, 2.05) is 26.0 Å². The Bertz CT molecular complexity index is 491. The van der Waals surface area contributed by atoms with Gasteiger partial charge in [0.25, 0.3) is 5.91 Å². The number of carbonyl (C=O) groups excluding carboxylic acids is 1. The lowest BCUT2D eigenvalue weighted by Gasteiger charge is -2.03. The van der Waals surface area contributed by atoms with E-state index in [1.54, 1.807) is 6.20 Å². The van der Waals surface area contributed by atoms with Crippen LogP contribution in [0.25, 0.3) is 5.57 Å². The molecule has 5 heteroatoms. The van der Waals surface area contributed by atoms with Crippen LogP contribution < -0.4 is 5.32 Å². The van der Waals surface area contributed by atoms with Crippen molar-refractivity contribution in [2.45, 2.75) is 13.8 Å². The number of nitrogens with zero attached hydrogens (tertiary/aromatic N) is 1. The van der Waals surface area contributed by atoms with Crippen LogP contribution in [0.2, 0.25) is 0 Å². The fraction of sp³-hybridized carbons (Fsp3) is 0.182. The standard InChI is InChI=1S/C11H10N2OS2/c1-6-3-4-8(5-12-6)7(2)9-10(14)13-11(15)16-9/h3-5H,1-2H3,(H,13,14,15)/b9-7+. The molecule has 1 aromatic heterocycles. The number of allylic oxidation sites excluding steroid dienone is 1. The van der Waals surface area contributed by atoms with Crippen molar-refractivity contribution in [3.63, 3.8) is 0 Å². The number of pyridine rings is 1. The Hall–Kier alpha value is -1.20. The summed E-state index contributed by atoms with van der Waals surface area (Å²) in [4.78, 5) is 16.4. The van der Waals surface area contributed by atoms with Gasteiger partial charge in [-0.3, -0.25) is 9.78 Å². The van der Waals surface area contributed by atoms with E-state index in [-0.39, 0.29) is 5.91 Å². The van der Waals surface area contributed by atoms with E-state index in [4.69, 9.17) is 12.2 Å². The highest BCUT2D eigenvalue weighted by atomic mass is 32.2. The summed E-state index contributed by atoms with van der Waals surface area (Å²) in [7, 11) is 0. The van der Waals surface area contributed by atoms with Crippen molar-refractivity contribution in [3.8, 4) is 0 Å². The molecular formula is C11H10N2OS2. The van der Waals surface area contributed by atoms with Gasteiger partial charge in [0.1, 0.15) is 4.32 Å². The molecule has 16 heavy (non-hydrogen) atoms. The summed E-state index contributed by atoms with van der Waals surface area (Å²) in [5.41, 5.74) is 2.82. The van der Waals surface area contributed by atoms with E-state index in [0.717, 1.165) is 16.8 Å². The summed E-state index contributed by atoms with van der Waals surface area (Å²) in [6.45, 7) is 3.83. The van der Waals surface area contributed by atoms with Crippen LogP contribution in [0, 0.1) is 6.92 Å². The van der Waals surface area contributed by atoms with E-state index in [9.17, 15) is 4.79 Å². The number of thioether (sulfide) groups is 1. The first-order chi connectivity index (χ1) is 7.58. The van der Waals surface area contributed by atoms with Crippen molar-refractivity contribution in [2.24, 2.45) is 0 Å². The number of amides is 1. The zero-order valence-electron chi connectivity index (χ0n) is 8.90. The van der Waals surface area contributed by atoms with Gasteiger partial charge >= 0.3 is 0 Å². The van der Waals surface area contributed by atoms with Crippen LogP contribution in [0.4, 0.5) is 0 Å². The van der Waals surface area contributed by atoms with Crippen molar-refractivity contribution in [2.75, 3.05) is 0 Å². The van der Waals surface area contributed by atoms with Gasteiger partial charge in [0.05, 0.1) is 4.91 Å². The van der Waals surface area contributed by atoms with E-state index >= 15 is 0 Å². The van der Waals surface area contributed by atoms with Gasteiger partial charge in [0.2, 0.25) is 0 Å². The topological polar surface area (TPSA) is 42.0 Å². The highest BCUT2D eigenvalue weighted by Gasteiger charge is 2.24. The Kier molecular flexibility index (Phi) is 3.07. The molecule has 1 N–H and O–H groups in total. The SMILES string of the molecule is C/C(=C1\SC(=S)NC1=O)c1ccc(C)nc1. The molecule has 0 aromatic carbocycles. The molecule has 0 spiro atoms. The Morgan fingerprint density at radius 3 is 2.75 bits per heavy atom.